The molecule has 2 N–H and O–H groups in total. The Hall–Kier alpha value is -2.12. The van der Waals surface area contributed by atoms with Crippen LogP contribution < -0.4 is 5.32 Å². The van der Waals surface area contributed by atoms with E-state index in [0.29, 0.717) is 31.0 Å². The van der Waals surface area contributed by atoms with E-state index in [4.69, 9.17) is 5.11 Å². The van der Waals surface area contributed by atoms with Crippen molar-refractivity contribution in [2.75, 3.05) is 11.9 Å². The molecule has 1 unspecified atom stereocenters. The van der Waals surface area contributed by atoms with E-state index < -0.39 is 16.8 Å². The van der Waals surface area contributed by atoms with Gasteiger partial charge in [0.25, 0.3) is 0 Å². The van der Waals surface area contributed by atoms with Gasteiger partial charge in [-0.1, -0.05) is 13.8 Å². The number of nitrogens with one attached hydrogen (secondary N) is 1. The number of carboxylic acids is 1. The van der Waals surface area contributed by atoms with Crippen LogP contribution in [0.2, 0.25) is 0 Å². The molecule has 1 heterocycles. The van der Waals surface area contributed by atoms with E-state index in [2.05, 4.69) is 10.4 Å². The first kappa shape index (κ1) is 15.9. The highest BCUT2D eigenvalue weighted by atomic mass is 16.6. The summed E-state index contributed by atoms with van der Waals surface area (Å²) in [7, 11) is 0. The molecule has 0 fully saturated rings. The van der Waals surface area contributed by atoms with E-state index in [1.165, 1.54) is 0 Å². The molecule has 0 radical (unpaired) electrons. The van der Waals surface area contributed by atoms with Gasteiger partial charge in [0.2, 0.25) is 5.82 Å². The molecule has 1 atom stereocenters. The van der Waals surface area contributed by atoms with Crippen molar-refractivity contribution in [2.45, 2.75) is 40.2 Å². The third-order valence-electron chi connectivity index (χ3n) is 3.01. The molecule has 0 aliphatic rings. The summed E-state index contributed by atoms with van der Waals surface area (Å²) >= 11 is 0. The lowest BCUT2D eigenvalue weighted by molar-refractivity contribution is -0.384. The Morgan fingerprint density at radius 1 is 1.60 bits per heavy atom. The lowest BCUT2D eigenvalue weighted by Crippen LogP contribution is -2.16. The third-order valence-corrected chi connectivity index (χ3v) is 3.01. The molecule has 8 heteroatoms. The number of aliphatic carboxylic acids is 1. The Labute approximate surface area is 116 Å². The molecule has 8 nitrogen and oxygen atoms in total. The van der Waals surface area contributed by atoms with Crippen molar-refractivity contribution >= 4 is 17.5 Å². The molecule has 1 rings (SSSR count). The van der Waals surface area contributed by atoms with Crippen LogP contribution in [0.1, 0.15) is 32.4 Å². The zero-order chi connectivity index (χ0) is 15.3. The van der Waals surface area contributed by atoms with Gasteiger partial charge in [0, 0.05) is 13.1 Å². The summed E-state index contributed by atoms with van der Waals surface area (Å²) in [6.07, 6.45) is 1.20. The minimum absolute atomic E-state index is 0.0403. The number of nitro groups is 1. The molecule has 0 saturated heterocycles. The Morgan fingerprint density at radius 3 is 2.75 bits per heavy atom. The van der Waals surface area contributed by atoms with Gasteiger partial charge in [-0.05, 0) is 19.8 Å². The van der Waals surface area contributed by atoms with Gasteiger partial charge in [0.05, 0.1) is 10.8 Å². The Bertz CT molecular complexity index is 498. The normalized spacial score (nSPS) is 12.2. The van der Waals surface area contributed by atoms with E-state index in [0.717, 1.165) is 6.42 Å². The molecule has 0 aliphatic heterocycles. The second kappa shape index (κ2) is 6.88. The first-order valence-electron chi connectivity index (χ1n) is 6.56. The second-order valence-electron chi connectivity index (χ2n) is 4.72. The first-order valence-corrected chi connectivity index (χ1v) is 6.56. The number of anilines is 1. The number of aromatic nitrogens is 2. The van der Waals surface area contributed by atoms with Crippen LogP contribution in [0.25, 0.3) is 0 Å². The molecule has 1 aromatic rings. The van der Waals surface area contributed by atoms with Crippen LogP contribution in [0.5, 0.6) is 0 Å². The zero-order valence-corrected chi connectivity index (χ0v) is 11.9. The third kappa shape index (κ3) is 3.69. The van der Waals surface area contributed by atoms with Crippen LogP contribution >= 0.6 is 0 Å². The first-order chi connectivity index (χ1) is 9.38. The minimum Gasteiger partial charge on any atom is -0.481 e. The summed E-state index contributed by atoms with van der Waals surface area (Å²) in [6, 6.07) is 0. The van der Waals surface area contributed by atoms with Gasteiger partial charge in [-0.15, -0.1) is 0 Å². The molecule has 20 heavy (non-hydrogen) atoms. The van der Waals surface area contributed by atoms with E-state index in [9.17, 15) is 14.9 Å². The smallest absolute Gasteiger partial charge is 0.333 e. The number of carboxylic acid groups (broad SMARTS) is 1. The highest BCUT2D eigenvalue weighted by Crippen LogP contribution is 2.28. The van der Waals surface area contributed by atoms with E-state index >= 15 is 0 Å². The molecular formula is C12H20N4O4. The average molecular weight is 284 g/mol. The Morgan fingerprint density at radius 2 is 2.25 bits per heavy atom. The van der Waals surface area contributed by atoms with Crippen molar-refractivity contribution in [3.05, 3.63) is 15.8 Å². The molecule has 1 aromatic heterocycles. The predicted octanol–water partition coefficient (Wildman–Crippen LogP) is 2.03. The van der Waals surface area contributed by atoms with Crippen LogP contribution in [0.4, 0.5) is 11.5 Å². The Balaban J connectivity index is 2.85. The predicted molar refractivity (Wildman–Crippen MR) is 73.8 cm³/mol. The summed E-state index contributed by atoms with van der Waals surface area (Å²) in [5, 5.41) is 27.0. The van der Waals surface area contributed by atoms with E-state index in [1.807, 2.05) is 6.92 Å². The zero-order valence-electron chi connectivity index (χ0n) is 11.9. The molecule has 0 bridgehead atoms. The molecule has 112 valence electrons. The topological polar surface area (TPSA) is 110 Å². The van der Waals surface area contributed by atoms with Crippen molar-refractivity contribution < 1.29 is 14.8 Å². The number of hydrogen-bond acceptors (Lipinski definition) is 5. The summed E-state index contributed by atoms with van der Waals surface area (Å²) in [5.74, 6) is -1.02. The number of nitrogens with zero attached hydrogens (tertiary/aromatic N) is 3. The van der Waals surface area contributed by atoms with Gasteiger partial charge >= 0.3 is 11.7 Å². The molecule has 0 spiro atoms. The number of rotatable bonds is 8. The van der Waals surface area contributed by atoms with E-state index in [-0.39, 0.29) is 5.69 Å². The highest BCUT2D eigenvalue weighted by molar-refractivity contribution is 5.69. The summed E-state index contributed by atoms with van der Waals surface area (Å²) in [4.78, 5) is 21.4. The Kier molecular flexibility index (Phi) is 5.48. The molecule has 0 saturated carbocycles. The SMILES string of the molecule is CCCn1nc(C)c([N+](=O)[O-])c1NCCC(C)C(=O)O. The van der Waals surface area contributed by atoms with Crippen molar-refractivity contribution in [1.82, 2.24) is 9.78 Å². The van der Waals surface area contributed by atoms with Crippen LogP contribution in [-0.4, -0.2) is 32.3 Å². The molecule has 0 amide bonds. The molecule has 0 aromatic carbocycles. The fourth-order valence-electron chi connectivity index (χ4n) is 1.87. The van der Waals surface area contributed by atoms with Gasteiger partial charge < -0.3 is 10.4 Å². The van der Waals surface area contributed by atoms with Gasteiger partial charge in [0.1, 0.15) is 5.69 Å². The van der Waals surface area contributed by atoms with Gasteiger partial charge in [-0.2, -0.15) is 5.10 Å². The fraction of sp³-hybridized carbons (Fsp3) is 0.667. The van der Waals surface area contributed by atoms with Gasteiger partial charge in [-0.25, -0.2) is 4.68 Å². The quantitative estimate of drug-likeness (QED) is 0.558. The monoisotopic (exact) mass is 284 g/mol. The van der Waals surface area contributed by atoms with Crippen molar-refractivity contribution in [3.63, 3.8) is 0 Å². The average Bonchev–Trinajstić information content (AvgIpc) is 2.66. The highest BCUT2D eigenvalue weighted by Gasteiger charge is 2.25. The largest absolute Gasteiger partial charge is 0.481 e. The number of carbonyl (C=O) groups is 1. The van der Waals surface area contributed by atoms with Crippen molar-refractivity contribution in [1.29, 1.82) is 0 Å². The summed E-state index contributed by atoms with van der Waals surface area (Å²) in [6.45, 7) is 6.08. The lowest BCUT2D eigenvalue weighted by Gasteiger charge is -2.10. The van der Waals surface area contributed by atoms with Gasteiger partial charge in [-0.3, -0.25) is 14.9 Å². The van der Waals surface area contributed by atoms with Crippen molar-refractivity contribution in [3.8, 4) is 0 Å². The standard InChI is InChI=1S/C12H20N4O4/c1-4-7-15-11(10(16(19)20)9(3)14-15)13-6-5-8(2)12(17)18/h8,13H,4-7H2,1-3H3,(H,17,18). The van der Waals surface area contributed by atoms with Crippen LogP contribution in [0.15, 0.2) is 0 Å². The van der Waals surface area contributed by atoms with Crippen LogP contribution in [0, 0.1) is 23.0 Å². The van der Waals surface area contributed by atoms with E-state index in [1.54, 1.807) is 18.5 Å². The number of aryl methyl sites for hydroxylation is 2. The summed E-state index contributed by atoms with van der Waals surface area (Å²) in [5.41, 5.74) is 0.318. The summed E-state index contributed by atoms with van der Waals surface area (Å²) < 4.78 is 1.57. The van der Waals surface area contributed by atoms with Crippen LogP contribution in [0.3, 0.4) is 0 Å². The second-order valence-corrected chi connectivity index (χ2v) is 4.72. The number of hydrogen-bond donors (Lipinski definition) is 2. The molecular weight excluding hydrogens is 264 g/mol. The fourth-order valence-corrected chi connectivity index (χ4v) is 1.87. The minimum atomic E-state index is -0.875. The lowest BCUT2D eigenvalue weighted by atomic mass is 10.1. The maximum Gasteiger partial charge on any atom is 0.333 e. The maximum atomic E-state index is 11.1. The van der Waals surface area contributed by atoms with Gasteiger partial charge in [0.15, 0.2) is 0 Å². The van der Waals surface area contributed by atoms with Crippen molar-refractivity contribution in [2.24, 2.45) is 5.92 Å². The maximum absolute atomic E-state index is 11.1. The van der Waals surface area contributed by atoms with Crippen LogP contribution in [-0.2, 0) is 11.3 Å². The molecule has 0 aliphatic carbocycles.